The van der Waals surface area contributed by atoms with Gasteiger partial charge >= 0.3 is 5.97 Å². The number of aliphatic hydroxyl groups is 1. The molecule has 0 heterocycles. The van der Waals surface area contributed by atoms with Gasteiger partial charge in [-0.2, -0.15) is 0 Å². The van der Waals surface area contributed by atoms with Gasteiger partial charge in [0, 0.05) is 18.4 Å². The third kappa shape index (κ3) is 8.46. The second kappa shape index (κ2) is 12.5. The van der Waals surface area contributed by atoms with Gasteiger partial charge in [-0.3, -0.25) is 4.79 Å². The number of hydrogen-bond acceptors (Lipinski definition) is 3. The molecular formula is C27H48O4Si. The van der Waals surface area contributed by atoms with Crippen LogP contribution in [0.1, 0.15) is 97.8 Å². The molecule has 0 aromatic carbocycles. The second-order valence-corrected chi connectivity index (χ2v) is 16.3. The van der Waals surface area contributed by atoms with E-state index >= 15 is 0 Å². The zero-order valence-corrected chi connectivity index (χ0v) is 22.2. The lowest BCUT2D eigenvalue weighted by Gasteiger charge is -2.42. The first-order valence-electron chi connectivity index (χ1n) is 12.9. The Labute approximate surface area is 197 Å². The average Bonchev–Trinajstić information content (AvgIpc) is 3.07. The summed E-state index contributed by atoms with van der Waals surface area (Å²) in [7, 11) is -1.82. The summed E-state index contributed by atoms with van der Waals surface area (Å²) >= 11 is 0. The van der Waals surface area contributed by atoms with Crippen LogP contribution in [0.5, 0.6) is 0 Å². The summed E-state index contributed by atoms with van der Waals surface area (Å²) in [5, 5.41) is 19.5. The van der Waals surface area contributed by atoms with E-state index in [1.807, 2.05) is 0 Å². The van der Waals surface area contributed by atoms with Crippen molar-refractivity contribution in [3.8, 4) is 0 Å². The number of hydrogen-bond donors (Lipinski definition) is 2. The number of carboxylic acids is 1. The molecule has 2 aliphatic rings. The topological polar surface area (TPSA) is 66.8 Å². The zero-order chi connectivity index (χ0) is 23.8. The summed E-state index contributed by atoms with van der Waals surface area (Å²) in [4.78, 5) is 10.6. The first-order chi connectivity index (χ1) is 15.0. The largest absolute Gasteiger partial charge is 0.481 e. The molecule has 0 aromatic heterocycles. The van der Waals surface area contributed by atoms with Crippen molar-refractivity contribution in [3.63, 3.8) is 0 Å². The van der Waals surface area contributed by atoms with Crippen LogP contribution in [-0.4, -0.2) is 36.7 Å². The van der Waals surface area contributed by atoms with Crippen LogP contribution in [-0.2, 0) is 9.22 Å². The van der Waals surface area contributed by atoms with Crippen molar-refractivity contribution in [2.24, 2.45) is 11.8 Å². The molecule has 3 atom stereocenters. The van der Waals surface area contributed by atoms with E-state index in [0.717, 1.165) is 32.1 Å². The molecule has 2 N–H and O–H groups in total. The lowest BCUT2D eigenvalue weighted by molar-refractivity contribution is -0.137. The summed E-state index contributed by atoms with van der Waals surface area (Å²) in [6, 6.07) is 0. The molecule has 5 heteroatoms. The smallest absolute Gasteiger partial charge is 0.303 e. The fourth-order valence-corrected chi connectivity index (χ4v) is 6.34. The van der Waals surface area contributed by atoms with E-state index < -0.39 is 14.3 Å². The highest BCUT2D eigenvalue weighted by molar-refractivity contribution is 6.74. The van der Waals surface area contributed by atoms with Crippen LogP contribution >= 0.6 is 0 Å². The van der Waals surface area contributed by atoms with Gasteiger partial charge in [-0.15, -0.1) is 0 Å². The second-order valence-electron chi connectivity index (χ2n) is 11.5. The molecule has 1 fully saturated rings. The molecule has 0 bridgehead atoms. The van der Waals surface area contributed by atoms with E-state index in [0.29, 0.717) is 18.4 Å². The van der Waals surface area contributed by atoms with E-state index in [2.05, 4.69) is 52.1 Å². The van der Waals surface area contributed by atoms with Gasteiger partial charge < -0.3 is 14.6 Å². The molecule has 0 aromatic rings. The number of carbonyl (C=O) groups is 1. The van der Waals surface area contributed by atoms with Crippen molar-refractivity contribution >= 4 is 14.3 Å². The fraction of sp³-hybridized carbons (Fsp3) is 0.815. The highest BCUT2D eigenvalue weighted by atomic mass is 28.4. The van der Waals surface area contributed by atoms with Gasteiger partial charge in [-0.25, -0.2) is 0 Å². The first kappa shape index (κ1) is 27.3. The lowest BCUT2D eigenvalue weighted by atomic mass is 9.82. The molecule has 2 rings (SSSR count). The molecule has 0 saturated heterocycles. The Morgan fingerprint density at radius 3 is 2.53 bits per heavy atom. The lowest BCUT2D eigenvalue weighted by Crippen LogP contribution is -2.46. The predicted octanol–water partition coefficient (Wildman–Crippen LogP) is 7.25. The minimum Gasteiger partial charge on any atom is -0.481 e. The maximum Gasteiger partial charge on any atom is 0.303 e. The molecule has 32 heavy (non-hydrogen) atoms. The summed E-state index contributed by atoms with van der Waals surface area (Å²) < 4.78 is 7.00. The molecule has 1 saturated carbocycles. The summed E-state index contributed by atoms with van der Waals surface area (Å²) in [6.45, 7) is 11.7. The van der Waals surface area contributed by atoms with Crippen molar-refractivity contribution in [3.05, 3.63) is 23.8 Å². The van der Waals surface area contributed by atoms with Crippen molar-refractivity contribution in [2.75, 3.05) is 0 Å². The fourth-order valence-electron chi connectivity index (χ4n) is 4.92. The number of aliphatic hydroxyl groups excluding tert-OH is 1. The predicted molar refractivity (Wildman–Crippen MR) is 135 cm³/mol. The molecule has 4 nitrogen and oxygen atoms in total. The Hall–Kier alpha value is -0.913. The number of unbranched alkanes of at least 4 members (excludes halogenated alkanes) is 1. The normalized spacial score (nSPS) is 24.1. The third-order valence-electron chi connectivity index (χ3n) is 8.03. The molecular weight excluding hydrogens is 416 g/mol. The Morgan fingerprint density at radius 1 is 1.22 bits per heavy atom. The van der Waals surface area contributed by atoms with Crippen molar-refractivity contribution in [2.45, 2.75) is 128 Å². The number of carboxylic acid groups (broad SMARTS) is 1. The Morgan fingerprint density at radius 2 is 1.91 bits per heavy atom. The molecule has 0 amide bonds. The van der Waals surface area contributed by atoms with Gasteiger partial charge in [0.15, 0.2) is 8.32 Å². The molecule has 0 radical (unpaired) electrons. The van der Waals surface area contributed by atoms with Crippen LogP contribution in [0, 0.1) is 11.8 Å². The van der Waals surface area contributed by atoms with Crippen LogP contribution < -0.4 is 0 Å². The van der Waals surface area contributed by atoms with E-state index in [9.17, 15) is 9.90 Å². The van der Waals surface area contributed by atoms with Crippen LogP contribution in [0.2, 0.25) is 18.1 Å². The van der Waals surface area contributed by atoms with Gasteiger partial charge in [0.2, 0.25) is 0 Å². The van der Waals surface area contributed by atoms with Gasteiger partial charge in [-0.1, -0.05) is 63.8 Å². The summed E-state index contributed by atoms with van der Waals surface area (Å²) in [6.07, 6.45) is 18.5. The molecule has 0 spiro atoms. The highest BCUT2D eigenvalue weighted by Crippen LogP contribution is 2.42. The third-order valence-corrected chi connectivity index (χ3v) is 12.5. The van der Waals surface area contributed by atoms with Crippen LogP contribution in [0.4, 0.5) is 0 Å². The van der Waals surface area contributed by atoms with E-state index in [4.69, 9.17) is 9.53 Å². The minimum atomic E-state index is -1.82. The van der Waals surface area contributed by atoms with E-state index in [1.54, 1.807) is 0 Å². The van der Waals surface area contributed by atoms with Crippen molar-refractivity contribution < 1.29 is 19.4 Å². The quantitative estimate of drug-likeness (QED) is 0.181. The Bertz CT molecular complexity index is 641. The highest BCUT2D eigenvalue weighted by Gasteiger charge is 2.41. The number of rotatable bonds is 12. The number of aliphatic carboxylic acids is 1. The van der Waals surface area contributed by atoms with Gasteiger partial charge in [0.1, 0.15) is 0 Å². The molecule has 0 unspecified atom stereocenters. The van der Waals surface area contributed by atoms with E-state index in [-0.39, 0.29) is 23.5 Å². The minimum absolute atomic E-state index is 0.200. The summed E-state index contributed by atoms with van der Waals surface area (Å²) in [5.41, 5.74) is 1.40. The van der Waals surface area contributed by atoms with Crippen LogP contribution in [0.25, 0.3) is 0 Å². The monoisotopic (exact) mass is 464 g/mol. The molecule has 0 aliphatic heterocycles. The SMILES string of the molecule is CC(C)(C)[Si](C)(C)O[C@H](CCC1=CC[C@H](O)[C@@H]1C/C=C\CCCC(=O)O)C1CCCCC1. The summed E-state index contributed by atoms with van der Waals surface area (Å²) in [5.74, 6) is 0.144. The van der Waals surface area contributed by atoms with Gasteiger partial charge in [0.05, 0.1) is 6.10 Å². The molecule has 2 aliphatic carbocycles. The van der Waals surface area contributed by atoms with Crippen LogP contribution in [0.3, 0.4) is 0 Å². The van der Waals surface area contributed by atoms with E-state index in [1.165, 1.54) is 37.7 Å². The standard InChI is InChI=1S/C27H48O4Si/c1-27(2,3)32(4,5)31-25(22-13-9-8-10-14-22)20-18-21-17-19-24(28)23(21)15-11-6-7-12-16-26(29)30/h6,11,17,22-25,28H,7-10,12-16,18-20H2,1-5H3,(H,29,30)/b11-6-/t23-,24+,25-/m1/s1. The zero-order valence-electron chi connectivity index (χ0n) is 21.2. The van der Waals surface area contributed by atoms with Crippen molar-refractivity contribution in [1.82, 2.24) is 0 Å². The maximum absolute atomic E-state index is 10.6. The maximum atomic E-state index is 10.6. The number of allylic oxidation sites excluding steroid dienone is 2. The Balaban J connectivity index is 1.95. The first-order valence-corrected chi connectivity index (χ1v) is 15.8. The molecule has 184 valence electrons. The van der Waals surface area contributed by atoms with Gasteiger partial charge in [0.25, 0.3) is 0 Å². The van der Waals surface area contributed by atoms with Crippen molar-refractivity contribution in [1.29, 1.82) is 0 Å². The van der Waals surface area contributed by atoms with Crippen LogP contribution in [0.15, 0.2) is 23.8 Å². The average molecular weight is 465 g/mol. The van der Waals surface area contributed by atoms with Gasteiger partial charge in [-0.05, 0) is 75.4 Å². The Kier molecular flexibility index (Phi) is 10.7.